The fraction of sp³-hybridized carbons (Fsp3) is 0.500. The summed E-state index contributed by atoms with van der Waals surface area (Å²) in [6.45, 7) is 9.34. The highest BCUT2D eigenvalue weighted by atomic mass is 31.1. The van der Waals surface area contributed by atoms with E-state index in [0.717, 1.165) is 0 Å². The van der Waals surface area contributed by atoms with E-state index in [0.29, 0.717) is 0 Å². The molecule has 0 radical (unpaired) electrons. The first-order valence-corrected chi connectivity index (χ1v) is 12.5. The molecule has 2 aromatic carbocycles. The van der Waals surface area contributed by atoms with Crippen molar-refractivity contribution in [3.63, 3.8) is 0 Å². The summed E-state index contributed by atoms with van der Waals surface area (Å²) in [5.41, 5.74) is 3.05. The van der Waals surface area contributed by atoms with Crippen LogP contribution < -0.4 is 0 Å². The van der Waals surface area contributed by atoms with Crippen molar-refractivity contribution in [3.8, 4) is 0 Å². The van der Waals surface area contributed by atoms with Crippen LogP contribution in [0.4, 0.5) is 0 Å². The van der Waals surface area contributed by atoms with E-state index in [9.17, 15) is 0 Å². The Labute approximate surface area is 139 Å². The Morgan fingerprint density at radius 1 is 0.591 bits per heavy atom. The standard InChI is InChI=1S/C20H30P2/c1-5-21(6-2)15-17-9-11-20-14-18(10-12-19(20)13-17)16-22(7-3)8-4/h9-14H,5-8,15-16H2,1-4H3. The predicted octanol–water partition coefficient (Wildman–Crippen LogP) is 6.88. The van der Waals surface area contributed by atoms with Crippen molar-refractivity contribution < 1.29 is 0 Å². The van der Waals surface area contributed by atoms with Crippen molar-refractivity contribution in [2.75, 3.05) is 24.6 Å². The van der Waals surface area contributed by atoms with Crippen LogP contribution in [0.15, 0.2) is 36.4 Å². The smallest absolute Gasteiger partial charge is 0.00731 e. The average Bonchev–Trinajstić information content (AvgIpc) is 2.57. The molecule has 22 heavy (non-hydrogen) atoms. The van der Waals surface area contributed by atoms with Crippen LogP contribution >= 0.6 is 15.8 Å². The second kappa shape index (κ2) is 9.00. The van der Waals surface area contributed by atoms with Gasteiger partial charge in [-0.05, 0) is 58.9 Å². The van der Waals surface area contributed by atoms with Crippen LogP contribution in [0.5, 0.6) is 0 Å². The van der Waals surface area contributed by atoms with Crippen LogP contribution in [0, 0.1) is 0 Å². The van der Waals surface area contributed by atoms with E-state index in [4.69, 9.17) is 0 Å². The molecule has 0 heterocycles. The van der Waals surface area contributed by atoms with Crippen LogP contribution in [-0.2, 0) is 12.3 Å². The highest BCUT2D eigenvalue weighted by Gasteiger charge is 2.07. The van der Waals surface area contributed by atoms with E-state index in [-0.39, 0.29) is 15.8 Å². The maximum Gasteiger partial charge on any atom is -0.00731 e. The van der Waals surface area contributed by atoms with Crippen LogP contribution in [0.25, 0.3) is 10.8 Å². The predicted molar refractivity (Wildman–Crippen MR) is 107 cm³/mol. The summed E-state index contributed by atoms with van der Waals surface area (Å²) >= 11 is 0. The van der Waals surface area contributed by atoms with Gasteiger partial charge in [-0.25, -0.2) is 0 Å². The summed E-state index contributed by atoms with van der Waals surface area (Å²) in [5, 5.41) is 2.83. The molecule has 0 fully saturated rings. The summed E-state index contributed by atoms with van der Waals surface area (Å²) in [6, 6.07) is 14.2. The summed E-state index contributed by atoms with van der Waals surface area (Å²) in [7, 11) is 0.384. The fourth-order valence-electron chi connectivity index (χ4n) is 2.95. The maximum absolute atomic E-state index is 2.42. The van der Waals surface area contributed by atoms with Crippen molar-refractivity contribution in [1.82, 2.24) is 0 Å². The van der Waals surface area contributed by atoms with Gasteiger partial charge in [-0.3, -0.25) is 0 Å². The second-order valence-electron chi connectivity index (χ2n) is 5.94. The SMILES string of the molecule is CCP(CC)Cc1ccc2cc(CP(CC)CC)ccc2c1. The number of fused-ring (bicyclic) bond motifs is 1. The van der Waals surface area contributed by atoms with Crippen molar-refractivity contribution in [2.45, 2.75) is 40.0 Å². The Morgan fingerprint density at radius 2 is 0.955 bits per heavy atom. The summed E-state index contributed by atoms with van der Waals surface area (Å²) in [4.78, 5) is 0. The topological polar surface area (TPSA) is 0 Å². The minimum absolute atomic E-state index is 0.192. The second-order valence-corrected chi connectivity index (χ2v) is 11.8. The van der Waals surface area contributed by atoms with E-state index in [1.165, 1.54) is 58.9 Å². The molecule has 0 aliphatic heterocycles. The largest absolute Gasteiger partial charge is 0.103 e. The fourth-order valence-corrected chi connectivity index (χ4v) is 6.17. The van der Waals surface area contributed by atoms with Gasteiger partial charge in [0.15, 0.2) is 0 Å². The Morgan fingerprint density at radius 3 is 1.27 bits per heavy atom. The summed E-state index contributed by atoms with van der Waals surface area (Å²) < 4.78 is 0. The third-order valence-corrected chi connectivity index (χ3v) is 9.77. The molecule has 0 unspecified atom stereocenters. The molecule has 120 valence electrons. The highest BCUT2D eigenvalue weighted by molar-refractivity contribution is 7.57. The van der Waals surface area contributed by atoms with Gasteiger partial charge >= 0.3 is 0 Å². The monoisotopic (exact) mass is 332 g/mol. The molecule has 2 aromatic rings. The van der Waals surface area contributed by atoms with Gasteiger partial charge < -0.3 is 0 Å². The van der Waals surface area contributed by atoms with E-state index in [1.54, 1.807) is 0 Å². The van der Waals surface area contributed by atoms with Gasteiger partial charge in [-0.15, -0.1) is 15.8 Å². The molecule has 0 saturated carbocycles. The van der Waals surface area contributed by atoms with Gasteiger partial charge in [0.2, 0.25) is 0 Å². The first-order valence-electron chi connectivity index (χ1n) is 8.66. The molecule has 2 heteroatoms. The van der Waals surface area contributed by atoms with Crippen molar-refractivity contribution >= 4 is 26.6 Å². The zero-order valence-electron chi connectivity index (χ0n) is 14.6. The molecule has 0 N–H and O–H groups in total. The zero-order chi connectivity index (χ0) is 15.9. The normalized spacial score (nSPS) is 11.7. The molecule has 0 nitrogen and oxygen atoms in total. The lowest BCUT2D eigenvalue weighted by molar-refractivity contribution is 1.31. The minimum atomic E-state index is 0.192. The van der Waals surface area contributed by atoms with Gasteiger partial charge in [-0.1, -0.05) is 64.1 Å². The van der Waals surface area contributed by atoms with Gasteiger partial charge in [-0.2, -0.15) is 0 Å². The van der Waals surface area contributed by atoms with Crippen molar-refractivity contribution in [2.24, 2.45) is 0 Å². The van der Waals surface area contributed by atoms with Gasteiger partial charge in [0.1, 0.15) is 0 Å². The Kier molecular flexibility index (Phi) is 7.33. The molecule has 0 amide bonds. The minimum Gasteiger partial charge on any atom is -0.103 e. The highest BCUT2D eigenvalue weighted by Crippen LogP contribution is 2.40. The molecule has 0 atom stereocenters. The molecular weight excluding hydrogens is 302 g/mol. The molecule has 0 spiro atoms. The molecule has 0 bridgehead atoms. The van der Waals surface area contributed by atoms with Gasteiger partial charge in [0, 0.05) is 0 Å². The number of rotatable bonds is 8. The van der Waals surface area contributed by atoms with Gasteiger partial charge in [0.05, 0.1) is 0 Å². The lowest BCUT2D eigenvalue weighted by Gasteiger charge is -2.15. The van der Waals surface area contributed by atoms with E-state index in [1.807, 2.05) is 0 Å². The molecule has 2 rings (SSSR count). The molecule has 0 aliphatic rings. The molecule has 0 aromatic heterocycles. The van der Waals surface area contributed by atoms with Crippen molar-refractivity contribution in [1.29, 1.82) is 0 Å². The van der Waals surface area contributed by atoms with Crippen LogP contribution in [0.1, 0.15) is 38.8 Å². The lowest BCUT2D eigenvalue weighted by atomic mass is 10.1. The summed E-state index contributed by atoms with van der Waals surface area (Å²) in [6.07, 6.45) is 7.97. The van der Waals surface area contributed by atoms with Crippen LogP contribution in [0.2, 0.25) is 0 Å². The molecular formula is C20H30P2. The third-order valence-electron chi connectivity index (χ3n) is 4.57. The molecule has 0 saturated heterocycles. The van der Waals surface area contributed by atoms with E-state index < -0.39 is 0 Å². The van der Waals surface area contributed by atoms with E-state index >= 15 is 0 Å². The van der Waals surface area contributed by atoms with Crippen LogP contribution in [0.3, 0.4) is 0 Å². The third kappa shape index (κ3) is 4.78. The maximum atomic E-state index is 2.42. The Hall–Kier alpha value is -0.440. The number of hydrogen-bond acceptors (Lipinski definition) is 0. The molecule has 0 aliphatic carbocycles. The van der Waals surface area contributed by atoms with E-state index in [2.05, 4.69) is 64.1 Å². The van der Waals surface area contributed by atoms with Crippen molar-refractivity contribution in [3.05, 3.63) is 47.5 Å². The van der Waals surface area contributed by atoms with Crippen LogP contribution in [-0.4, -0.2) is 24.6 Å². The first kappa shape index (κ1) is 17.9. The summed E-state index contributed by atoms with van der Waals surface area (Å²) in [5.74, 6) is 0. The first-order chi connectivity index (χ1) is 10.7. The van der Waals surface area contributed by atoms with Gasteiger partial charge in [0.25, 0.3) is 0 Å². The Bertz CT molecular complexity index is 530. The number of hydrogen-bond donors (Lipinski definition) is 0. The number of benzene rings is 2. The Balaban J connectivity index is 2.18. The average molecular weight is 332 g/mol. The quantitative estimate of drug-likeness (QED) is 0.462. The lowest BCUT2D eigenvalue weighted by Crippen LogP contribution is -1.91. The zero-order valence-corrected chi connectivity index (χ0v) is 16.4.